The number of carbonyl (C=O) groups is 1. The molecular formula is C16H16O2S. The van der Waals surface area contributed by atoms with Gasteiger partial charge < -0.3 is 4.74 Å². The third-order valence-corrected chi connectivity index (χ3v) is 4.69. The van der Waals surface area contributed by atoms with Crippen molar-refractivity contribution in [2.24, 2.45) is 5.92 Å². The Morgan fingerprint density at radius 1 is 1.32 bits per heavy atom. The van der Waals surface area contributed by atoms with Crippen LogP contribution in [-0.2, 0) is 12.8 Å². The third-order valence-electron chi connectivity index (χ3n) is 3.77. The van der Waals surface area contributed by atoms with Gasteiger partial charge in [0.15, 0.2) is 5.78 Å². The molecule has 0 bridgehead atoms. The van der Waals surface area contributed by atoms with Crippen LogP contribution in [0.2, 0.25) is 0 Å². The Hall–Kier alpha value is -1.61. The lowest BCUT2D eigenvalue weighted by atomic mass is 9.81. The van der Waals surface area contributed by atoms with Gasteiger partial charge in [0, 0.05) is 17.4 Å². The molecule has 98 valence electrons. The topological polar surface area (TPSA) is 26.3 Å². The molecule has 1 heterocycles. The summed E-state index contributed by atoms with van der Waals surface area (Å²) in [5.74, 6) is 1.17. The number of ketones is 1. The molecule has 1 unspecified atom stereocenters. The van der Waals surface area contributed by atoms with E-state index in [1.165, 1.54) is 22.5 Å². The van der Waals surface area contributed by atoms with Crippen molar-refractivity contribution in [3.63, 3.8) is 0 Å². The van der Waals surface area contributed by atoms with Crippen molar-refractivity contribution >= 4 is 17.1 Å². The quantitative estimate of drug-likeness (QED) is 0.796. The number of Topliss-reactive ketones (excluding diaryl/α,β-unsaturated/α-hetero) is 1. The van der Waals surface area contributed by atoms with Gasteiger partial charge in [0.2, 0.25) is 0 Å². The van der Waals surface area contributed by atoms with Crippen LogP contribution in [0.5, 0.6) is 5.75 Å². The van der Waals surface area contributed by atoms with E-state index in [1.54, 1.807) is 7.11 Å². The highest BCUT2D eigenvalue weighted by Gasteiger charge is 2.26. The van der Waals surface area contributed by atoms with Gasteiger partial charge in [0.05, 0.1) is 12.0 Å². The van der Waals surface area contributed by atoms with Crippen LogP contribution in [-0.4, -0.2) is 12.9 Å². The summed E-state index contributed by atoms with van der Waals surface area (Å²) in [6, 6.07) is 10.3. The Morgan fingerprint density at radius 3 is 2.84 bits per heavy atom. The average molecular weight is 272 g/mol. The van der Waals surface area contributed by atoms with Gasteiger partial charge in [-0.1, -0.05) is 24.3 Å². The fraction of sp³-hybridized carbons (Fsp3) is 0.312. The maximum atomic E-state index is 12.5. The first-order valence-corrected chi connectivity index (χ1v) is 7.39. The highest BCUT2D eigenvalue weighted by Crippen LogP contribution is 2.30. The van der Waals surface area contributed by atoms with Crippen molar-refractivity contribution in [1.82, 2.24) is 0 Å². The largest absolute Gasteiger partial charge is 0.496 e. The van der Waals surface area contributed by atoms with Gasteiger partial charge in [-0.05, 0) is 30.4 Å². The number of aryl methyl sites for hydroxylation is 1. The van der Waals surface area contributed by atoms with Crippen LogP contribution in [0.1, 0.15) is 27.2 Å². The highest BCUT2D eigenvalue weighted by atomic mass is 32.1. The first-order valence-electron chi connectivity index (χ1n) is 6.51. The fourth-order valence-corrected chi connectivity index (χ4v) is 3.55. The third kappa shape index (κ3) is 2.43. The summed E-state index contributed by atoms with van der Waals surface area (Å²) in [7, 11) is 1.63. The molecule has 1 atom stereocenters. The van der Waals surface area contributed by atoms with E-state index in [0.717, 1.165) is 29.9 Å². The van der Waals surface area contributed by atoms with Crippen LogP contribution in [0, 0.1) is 5.92 Å². The van der Waals surface area contributed by atoms with Crippen LogP contribution < -0.4 is 4.74 Å². The molecule has 1 aromatic heterocycles. The molecule has 1 aliphatic carbocycles. The molecule has 0 saturated heterocycles. The summed E-state index contributed by atoms with van der Waals surface area (Å²) in [5.41, 5.74) is 2.73. The predicted molar refractivity (Wildman–Crippen MR) is 77.2 cm³/mol. The molecule has 2 nitrogen and oxygen atoms in total. The lowest BCUT2D eigenvalue weighted by molar-refractivity contribution is 0.0913. The molecule has 0 N–H and O–H groups in total. The SMILES string of the molecule is COc1csc(C(=O)C2CCc3ccccc3C2)c1. The summed E-state index contributed by atoms with van der Waals surface area (Å²) in [5, 5.41) is 1.89. The normalized spacial score (nSPS) is 17.8. The van der Waals surface area contributed by atoms with Crippen molar-refractivity contribution < 1.29 is 9.53 Å². The Kier molecular flexibility index (Phi) is 3.38. The predicted octanol–water partition coefficient (Wildman–Crippen LogP) is 3.74. The minimum absolute atomic E-state index is 0.123. The Labute approximate surface area is 117 Å². The van der Waals surface area contributed by atoms with Crippen molar-refractivity contribution in [1.29, 1.82) is 0 Å². The van der Waals surface area contributed by atoms with Gasteiger partial charge in [-0.25, -0.2) is 0 Å². The van der Waals surface area contributed by atoms with Gasteiger partial charge in [0.1, 0.15) is 5.75 Å². The van der Waals surface area contributed by atoms with E-state index < -0.39 is 0 Å². The summed E-state index contributed by atoms with van der Waals surface area (Å²) >= 11 is 1.48. The molecule has 0 radical (unpaired) electrons. The Balaban J connectivity index is 1.79. The molecule has 0 amide bonds. The lowest BCUT2D eigenvalue weighted by Crippen LogP contribution is -2.22. The smallest absolute Gasteiger partial charge is 0.176 e. The number of methoxy groups -OCH3 is 1. The first-order chi connectivity index (χ1) is 9.28. The molecule has 0 aliphatic heterocycles. The van der Waals surface area contributed by atoms with Crippen molar-refractivity contribution in [2.75, 3.05) is 7.11 Å². The van der Waals surface area contributed by atoms with E-state index in [-0.39, 0.29) is 11.7 Å². The van der Waals surface area contributed by atoms with E-state index in [4.69, 9.17) is 4.74 Å². The number of thiophene rings is 1. The monoisotopic (exact) mass is 272 g/mol. The van der Waals surface area contributed by atoms with Crippen molar-refractivity contribution in [3.05, 3.63) is 51.7 Å². The van der Waals surface area contributed by atoms with Crippen LogP contribution in [0.4, 0.5) is 0 Å². The molecule has 0 saturated carbocycles. The van der Waals surface area contributed by atoms with Gasteiger partial charge in [-0.15, -0.1) is 11.3 Å². The summed E-state index contributed by atoms with van der Waals surface area (Å²) in [4.78, 5) is 13.3. The van der Waals surface area contributed by atoms with E-state index >= 15 is 0 Å². The molecule has 1 aliphatic rings. The van der Waals surface area contributed by atoms with Crippen molar-refractivity contribution in [3.8, 4) is 5.75 Å². The molecule has 0 fully saturated rings. The molecule has 0 spiro atoms. The molecular weight excluding hydrogens is 256 g/mol. The second-order valence-electron chi connectivity index (χ2n) is 4.92. The van der Waals surface area contributed by atoms with Gasteiger partial charge >= 0.3 is 0 Å². The Bertz CT molecular complexity index is 600. The van der Waals surface area contributed by atoms with Gasteiger partial charge in [0.25, 0.3) is 0 Å². The molecule has 19 heavy (non-hydrogen) atoms. The second kappa shape index (κ2) is 5.17. The number of rotatable bonds is 3. The molecule has 2 aromatic rings. The first kappa shape index (κ1) is 12.4. The van der Waals surface area contributed by atoms with E-state index in [9.17, 15) is 4.79 Å². The number of carbonyl (C=O) groups excluding carboxylic acids is 1. The average Bonchev–Trinajstić information content (AvgIpc) is 2.95. The zero-order chi connectivity index (χ0) is 13.2. The maximum Gasteiger partial charge on any atom is 0.176 e. The number of benzene rings is 1. The maximum absolute atomic E-state index is 12.5. The van der Waals surface area contributed by atoms with Gasteiger partial charge in [-0.2, -0.15) is 0 Å². The number of hydrogen-bond acceptors (Lipinski definition) is 3. The molecule has 3 rings (SSSR count). The highest BCUT2D eigenvalue weighted by molar-refractivity contribution is 7.12. The zero-order valence-electron chi connectivity index (χ0n) is 10.9. The fourth-order valence-electron chi connectivity index (χ4n) is 2.68. The standard InChI is InChI=1S/C16H16O2S/c1-18-14-9-15(19-10-14)16(17)13-7-6-11-4-2-3-5-12(11)8-13/h2-5,9-10,13H,6-8H2,1H3. The second-order valence-corrected chi connectivity index (χ2v) is 5.83. The Morgan fingerprint density at radius 2 is 2.11 bits per heavy atom. The minimum atomic E-state index is 0.123. The van der Waals surface area contributed by atoms with E-state index in [1.807, 2.05) is 11.4 Å². The lowest BCUT2D eigenvalue weighted by Gasteiger charge is -2.22. The summed E-state index contributed by atoms with van der Waals surface area (Å²) in [6.07, 6.45) is 2.83. The van der Waals surface area contributed by atoms with Crippen LogP contribution in [0.3, 0.4) is 0 Å². The van der Waals surface area contributed by atoms with E-state index in [2.05, 4.69) is 24.3 Å². The summed E-state index contributed by atoms with van der Waals surface area (Å²) in [6.45, 7) is 0. The minimum Gasteiger partial charge on any atom is -0.496 e. The zero-order valence-corrected chi connectivity index (χ0v) is 11.7. The van der Waals surface area contributed by atoms with Crippen LogP contribution in [0.15, 0.2) is 35.7 Å². The van der Waals surface area contributed by atoms with Crippen LogP contribution >= 0.6 is 11.3 Å². The van der Waals surface area contributed by atoms with Gasteiger partial charge in [-0.3, -0.25) is 4.79 Å². The molecule has 1 aromatic carbocycles. The number of fused-ring (bicyclic) bond motifs is 1. The number of ether oxygens (including phenoxy) is 1. The summed E-state index contributed by atoms with van der Waals surface area (Å²) < 4.78 is 5.15. The number of hydrogen-bond donors (Lipinski definition) is 0. The molecule has 3 heteroatoms. The van der Waals surface area contributed by atoms with E-state index in [0.29, 0.717) is 0 Å². The van der Waals surface area contributed by atoms with Crippen LogP contribution in [0.25, 0.3) is 0 Å². The van der Waals surface area contributed by atoms with Crippen molar-refractivity contribution in [2.45, 2.75) is 19.3 Å².